The number of nitrogens with zero attached hydrogens (tertiary/aromatic N) is 1. The fourth-order valence-corrected chi connectivity index (χ4v) is 1.88. The molecule has 4 nitrogen and oxygen atoms in total. The van der Waals surface area contributed by atoms with Crippen LogP contribution in [0.25, 0.3) is 0 Å². The fourth-order valence-electron chi connectivity index (χ4n) is 1.88. The van der Waals surface area contributed by atoms with Crippen molar-refractivity contribution in [2.24, 2.45) is 11.7 Å². The summed E-state index contributed by atoms with van der Waals surface area (Å²) >= 11 is 0. The zero-order chi connectivity index (χ0) is 13.1. The van der Waals surface area contributed by atoms with Gasteiger partial charge in [-0.3, -0.25) is 4.79 Å². The summed E-state index contributed by atoms with van der Waals surface area (Å²) in [6, 6.07) is 0. The van der Waals surface area contributed by atoms with Crippen LogP contribution in [-0.2, 0) is 4.79 Å². The third-order valence-corrected chi connectivity index (χ3v) is 3.09. The lowest BCUT2D eigenvalue weighted by atomic mass is 10.0. The van der Waals surface area contributed by atoms with Crippen molar-refractivity contribution in [3.05, 3.63) is 0 Å². The van der Waals surface area contributed by atoms with Gasteiger partial charge in [0, 0.05) is 19.6 Å². The number of hydrogen-bond donors (Lipinski definition) is 2. The molecular formula is C13H28N2O2. The number of nitrogens with two attached hydrogens (primary N) is 1. The topological polar surface area (TPSA) is 66.6 Å². The summed E-state index contributed by atoms with van der Waals surface area (Å²) in [5.41, 5.74) is 5.58. The Morgan fingerprint density at radius 2 is 1.94 bits per heavy atom. The van der Waals surface area contributed by atoms with E-state index in [9.17, 15) is 4.79 Å². The Kier molecular flexibility index (Phi) is 10.2. The molecule has 1 atom stereocenters. The van der Waals surface area contributed by atoms with Gasteiger partial charge in [0.15, 0.2) is 0 Å². The van der Waals surface area contributed by atoms with Crippen molar-refractivity contribution in [2.45, 2.75) is 46.0 Å². The van der Waals surface area contributed by atoms with Crippen molar-refractivity contribution in [1.82, 2.24) is 4.90 Å². The third-order valence-electron chi connectivity index (χ3n) is 3.09. The first kappa shape index (κ1) is 16.4. The van der Waals surface area contributed by atoms with Gasteiger partial charge in [-0.25, -0.2) is 0 Å². The van der Waals surface area contributed by atoms with E-state index in [0.717, 1.165) is 25.8 Å². The molecule has 3 N–H and O–H groups in total. The largest absolute Gasteiger partial charge is 0.395 e. The summed E-state index contributed by atoms with van der Waals surface area (Å²) in [5.74, 6) is 0.00766. The van der Waals surface area contributed by atoms with Gasteiger partial charge in [0.25, 0.3) is 0 Å². The first-order chi connectivity index (χ1) is 8.21. The van der Waals surface area contributed by atoms with Gasteiger partial charge in [0.1, 0.15) is 0 Å². The average molecular weight is 244 g/mol. The number of unbranched alkanes of at least 4 members (excludes halogenated alkanes) is 3. The first-order valence-corrected chi connectivity index (χ1v) is 6.80. The number of carbonyl (C=O) groups excluding carboxylic acids is 1. The predicted octanol–water partition coefficient (Wildman–Crippen LogP) is 1.37. The fraction of sp³-hybridized carbons (Fsp3) is 0.923. The van der Waals surface area contributed by atoms with E-state index in [0.29, 0.717) is 13.1 Å². The number of amides is 1. The molecule has 0 spiro atoms. The highest BCUT2D eigenvalue weighted by molar-refractivity contribution is 5.79. The number of carbonyl (C=O) groups is 1. The van der Waals surface area contributed by atoms with E-state index < -0.39 is 0 Å². The standard InChI is InChI=1S/C13H28N2O2/c1-3-5-6-7-8-15(9-10-16)13(17)12(4-2)11-14/h12,16H,3-11,14H2,1-2H3. The molecule has 0 aliphatic carbocycles. The number of rotatable bonds is 10. The summed E-state index contributed by atoms with van der Waals surface area (Å²) < 4.78 is 0. The summed E-state index contributed by atoms with van der Waals surface area (Å²) in [6.07, 6.45) is 5.32. The predicted molar refractivity (Wildman–Crippen MR) is 70.6 cm³/mol. The smallest absolute Gasteiger partial charge is 0.227 e. The molecule has 0 aromatic heterocycles. The van der Waals surface area contributed by atoms with E-state index in [1.54, 1.807) is 4.90 Å². The maximum absolute atomic E-state index is 12.1. The van der Waals surface area contributed by atoms with Crippen LogP contribution in [0, 0.1) is 5.92 Å². The van der Waals surface area contributed by atoms with Crippen molar-refractivity contribution in [3.8, 4) is 0 Å². The van der Waals surface area contributed by atoms with Gasteiger partial charge >= 0.3 is 0 Å². The summed E-state index contributed by atoms with van der Waals surface area (Å²) in [7, 11) is 0. The zero-order valence-corrected chi connectivity index (χ0v) is 11.3. The Hall–Kier alpha value is -0.610. The second kappa shape index (κ2) is 10.5. The van der Waals surface area contributed by atoms with Gasteiger partial charge in [-0.05, 0) is 12.8 Å². The molecule has 1 unspecified atom stereocenters. The van der Waals surface area contributed by atoms with Crippen LogP contribution < -0.4 is 5.73 Å². The van der Waals surface area contributed by atoms with Gasteiger partial charge in [-0.15, -0.1) is 0 Å². The molecule has 0 bridgehead atoms. The minimum absolute atomic E-state index is 0.0283. The number of aliphatic hydroxyl groups excluding tert-OH is 1. The minimum atomic E-state index is -0.0901. The first-order valence-electron chi connectivity index (χ1n) is 6.80. The molecule has 0 aliphatic heterocycles. The summed E-state index contributed by atoms with van der Waals surface area (Å²) in [6.45, 7) is 5.74. The molecule has 0 saturated carbocycles. The van der Waals surface area contributed by atoms with Crippen LogP contribution in [0.5, 0.6) is 0 Å². The van der Waals surface area contributed by atoms with Crippen molar-refractivity contribution in [2.75, 3.05) is 26.2 Å². The SMILES string of the molecule is CCCCCCN(CCO)C(=O)C(CC)CN. The van der Waals surface area contributed by atoms with E-state index in [4.69, 9.17) is 10.8 Å². The van der Waals surface area contributed by atoms with Crippen molar-refractivity contribution < 1.29 is 9.90 Å². The van der Waals surface area contributed by atoms with E-state index in [-0.39, 0.29) is 18.4 Å². The Morgan fingerprint density at radius 1 is 1.24 bits per heavy atom. The van der Waals surface area contributed by atoms with Gasteiger partial charge < -0.3 is 15.7 Å². The summed E-state index contributed by atoms with van der Waals surface area (Å²) in [4.78, 5) is 13.9. The zero-order valence-electron chi connectivity index (χ0n) is 11.3. The monoisotopic (exact) mass is 244 g/mol. The highest BCUT2D eigenvalue weighted by Crippen LogP contribution is 2.08. The molecule has 17 heavy (non-hydrogen) atoms. The number of hydrogen-bond acceptors (Lipinski definition) is 3. The Labute approximate surface area is 105 Å². The molecule has 0 radical (unpaired) electrons. The van der Waals surface area contributed by atoms with Crippen LogP contribution in [0.3, 0.4) is 0 Å². The lowest BCUT2D eigenvalue weighted by molar-refractivity contribution is -0.135. The van der Waals surface area contributed by atoms with Gasteiger partial charge in [-0.1, -0.05) is 33.1 Å². The molecule has 102 valence electrons. The lowest BCUT2D eigenvalue weighted by Crippen LogP contribution is -2.41. The van der Waals surface area contributed by atoms with Crippen LogP contribution in [0.1, 0.15) is 46.0 Å². The van der Waals surface area contributed by atoms with E-state index in [1.807, 2.05) is 6.92 Å². The van der Waals surface area contributed by atoms with Crippen LogP contribution in [0.4, 0.5) is 0 Å². The molecule has 0 fully saturated rings. The normalized spacial score (nSPS) is 12.5. The molecule has 0 heterocycles. The highest BCUT2D eigenvalue weighted by atomic mass is 16.3. The highest BCUT2D eigenvalue weighted by Gasteiger charge is 2.20. The molecule has 0 rings (SSSR count). The van der Waals surface area contributed by atoms with E-state index >= 15 is 0 Å². The molecule has 0 aromatic rings. The Bertz CT molecular complexity index is 194. The average Bonchev–Trinajstić information content (AvgIpc) is 2.34. The van der Waals surface area contributed by atoms with Crippen LogP contribution in [0.15, 0.2) is 0 Å². The molecule has 0 aromatic carbocycles. The minimum Gasteiger partial charge on any atom is -0.395 e. The van der Waals surface area contributed by atoms with Gasteiger partial charge in [0.05, 0.1) is 12.5 Å². The van der Waals surface area contributed by atoms with E-state index in [2.05, 4.69) is 6.92 Å². The van der Waals surface area contributed by atoms with Crippen LogP contribution >= 0.6 is 0 Å². The van der Waals surface area contributed by atoms with Gasteiger partial charge in [0.2, 0.25) is 5.91 Å². The van der Waals surface area contributed by atoms with Crippen molar-refractivity contribution >= 4 is 5.91 Å². The third kappa shape index (κ3) is 6.64. The maximum Gasteiger partial charge on any atom is 0.227 e. The molecule has 4 heteroatoms. The van der Waals surface area contributed by atoms with E-state index in [1.165, 1.54) is 12.8 Å². The summed E-state index contributed by atoms with van der Waals surface area (Å²) in [5, 5.41) is 8.99. The van der Waals surface area contributed by atoms with Crippen LogP contribution in [-0.4, -0.2) is 42.2 Å². The van der Waals surface area contributed by atoms with Crippen molar-refractivity contribution in [3.63, 3.8) is 0 Å². The lowest BCUT2D eigenvalue weighted by Gasteiger charge is -2.25. The second-order valence-electron chi connectivity index (χ2n) is 4.45. The second-order valence-corrected chi connectivity index (χ2v) is 4.45. The Balaban J connectivity index is 4.14. The van der Waals surface area contributed by atoms with Gasteiger partial charge in [-0.2, -0.15) is 0 Å². The molecule has 0 saturated heterocycles. The van der Waals surface area contributed by atoms with Crippen molar-refractivity contribution in [1.29, 1.82) is 0 Å². The van der Waals surface area contributed by atoms with Crippen LogP contribution in [0.2, 0.25) is 0 Å². The Morgan fingerprint density at radius 3 is 2.41 bits per heavy atom. The molecule has 1 amide bonds. The maximum atomic E-state index is 12.1. The quantitative estimate of drug-likeness (QED) is 0.570. The molecular weight excluding hydrogens is 216 g/mol. The molecule has 0 aliphatic rings. The number of aliphatic hydroxyl groups is 1.